The first-order chi connectivity index (χ1) is 7.36. The molecular weight excluding hydrogens is 196 g/mol. The zero-order valence-corrected chi connectivity index (χ0v) is 11.3. The Kier molecular flexibility index (Phi) is 4.01. The molecule has 0 N–H and O–H groups in total. The summed E-state index contributed by atoms with van der Waals surface area (Å²) in [4.78, 5) is 0. The largest absolute Gasteiger partial charge is 0.494 e. The lowest BCUT2D eigenvalue weighted by Crippen LogP contribution is -2.14. The first kappa shape index (κ1) is 13.1. The van der Waals surface area contributed by atoms with Crippen LogP contribution < -0.4 is 4.74 Å². The molecule has 0 bridgehead atoms. The Labute approximate surface area is 99.8 Å². The number of ether oxygens (including phenoxy) is 1. The minimum atomic E-state index is 0.130. The van der Waals surface area contributed by atoms with Gasteiger partial charge in [-0.3, -0.25) is 0 Å². The molecule has 89 valence electrons. The van der Waals surface area contributed by atoms with Gasteiger partial charge in [0.25, 0.3) is 0 Å². The lowest BCUT2D eigenvalue weighted by Gasteiger charge is -2.23. The van der Waals surface area contributed by atoms with Crippen LogP contribution in [0.2, 0.25) is 0 Å². The summed E-state index contributed by atoms with van der Waals surface area (Å²) in [5.74, 6) is 2.34. The fraction of sp³-hybridized carbons (Fsp3) is 0.533. The van der Waals surface area contributed by atoms with E-state index in [1.54, 1.807) is 0 Å². The van der Waals surface area contributed by atoms with Crippen molar-refractivity contribution in [2.75, 3.05) is 6.61 Å². The maximum absolute atomic E-state index is 5.74. The predicted molar refractivity (Wildman–Crippen MR) is 70.0 cm³/mol. The molecule has 1 aromatic rings. The smallest absolute Gasteiger partial charge is 0.123 e. The van der Waals surface area contributed by atoms with Crippen molar-refractivity contribution < 1.29 is 4.74 Å². The Hall–Kier alpha value is -0.980. The fourth-order valence-corrected chi connectivity index (χ4v) is 1.73. The first-order valence-electron chi connectivity index (χ1n) is 5.94. The first-order valence-corrected chi connectivity index (χ1v) is 5.94. The summed E-state index contributed by atoms with van der Waals surface area (Å²) >= 11 is 0. The zero-order chi connectivity index (χ0) is 12.3. The van der Waals surface area contributed by atoms with E-state index in [4.69, 9.17) is 4.74 Å². The molecule has 1 nitrogen and oxygen atoms in total. The van der Waals surface area contributed by atoms with Gasteiger partial charge in [-0.2, -0.15) is 0 Å². The van der Waals surface area contributed by atoms with Crippen molar-refractivity contribution in [3.05, 3.63) is 35.2 Å². The molecule has 0 atom stereocenters. The highest BCUT2D eigenvalue weighted by atomic mass is 16.5. The van der Waals surface area contributed by atoms with Crippen LogP contribution >= 0.6 is 0 Å². The SMILES string of the molecule is CCOc1cc([C](C)C)ccc1C(C)(C)C. The lowest BCUT2D eigenvalue weighted by molar-refractivity contribution is 0.329. The molecular formula is C15H23O. The highest BCUT2D eigenvalue weighted by molar-refractivity contribution is 5.45. The van der Waals surface area contributed by atoms with Gasteiger partial charge in [-0.05, 0) is 35.4 Å². The second-order valence-electron chi connectivity index (χ2n) is 5.39. The summed E-state index contributed by atoms with van der Waals surface area (Å²) in [5, 5.41) is 0. The predicted octanol–water partition coefficient (Wildman–Crippen LogP) is 4.35. The topological polar surface area (TPSA) is 9.23 Å². The summed E-state index contributed by atoms with van der Waals surface area (Å²) in [6.45, 7) is 13.6. The van der Waals surface area contributed by atoms with E-state index in [0.717, 1.165) is 12.4 Å². The lowest BCUT2D eigenvalue weighted by atomic mass is 9.85. The van der Waals surface area contributed by atoms with Crippen molar-refractivity contribution in [1.82, 2.24) is 0 Å². The molecule has 0 heterocycles. The van der Waals surface area contributed by atoms with E-state index in [1.807, 2.05) is 6.92 Å². The van der Waals surface area contributed by atoms with E-state index in [-0.39, 0.29) is 5.41 Å². The molecule has 16 heavy (non-hydrogen) atoms. The molecule has 0 spiro atoms. The Balaban J connectivity index is 3.19. The van der Waals surface area contributed by atoms with E-state index in [0.29, 0.717) is 0 Å². The van der Waals surface area contributed by atoms with Gasteiger partial charge in [0.15, 0.2) is 0 Å². The monoisotopic (exact) mass is 219 g/mol. The van der Waals surface area contributed by atoms with Gasteiger partial charge in [0.2, 0.25) is 0 Å². The van der Waals surface area contributed by atoms with Gasteiger partial charge in [-0.15, -0.1) is 0 Å². The summed E-state index contributed by atoms with van der Waals surface area (Å²) < 4.78 is 5.74. The van der Waals surface area contributed by atoms with Gasteiger partial charge in [0, 0.05) is 0 Å². The van der Waals surface area contributed by atoms with Crippen molar-refractivity contribution in [2.24, 2.45) is 0 Å². The summed E-state index contributed by atoms with van der Waals surface area (Å²) in [5.41, 5.74) is 2.67. The highest BCUT2D eigenvalue weighted by Gasteiger charge is 2.19. The van der Waals surface area contributed by atoms with E-state index in [2.05, 4.69) is 52.8 Å². The molecule has 0 fully saturated rings. The molecule has 0 unspecified atom stereocenters. The van der Waals surface area contributed by atoms with Gasteiger partial charge in [0.05, 0.1) is 6.61 Å². The second kappa shape index (κ2) is 4.90. The molecule has 1 rings (SSSR count). The Morgan fingerprint density at radius 3 is 2.25 bits per heavy atom. The summed E-state index contributed by atoms with van der Waals surface area (Å²) in [7, 11) is 0. The number of rotatable bonds is 3. The summed E-state index contributed by atoms with van der Waals surface area (Å²) in [6, 6.07) is 6.52. The van der Waals surface area contributed by atoms with E-state index in [1.165, 1.54) is 17.0 Å². The van der Waals surface area contributed by atoms with Gasteiger partial charge >= 0.3 is 0 Å². The number of hydrogen-bond donors (Lipinski definition) is 0. The highest BCUT2D eigenvalue weighted by Crippen LogP contribution is 2.33. The van der Waals surface area contributed by atoms with Gasteiger partial charge in [-0.25, -0.2) is 0 Å². The molecule has 0 aliphatic rings. The minimum Gasteiger partial charge on any atom is -0.494 e. The third-order valence-corrected chi connectivity index (χ3v) is 2.67. The van der Waals surface area contributed by atoms with E-state index >= 15 is 0 Å². The Bertz CT molecular complexity index is 345. The second-order valence-corrected chi connectivity index (χ2v) is 5.39. The summed E-state index contributed by atoms with van der Waals surface area (Å²) in [6.07, 6.45) is 0. The molecule has 1 heteroatoms. The van der Waals surface area contributed by atoms with Crippen LogP contribution in [0.3, 0.4) is 0 Å². The van der Waals surface area contributed by atoms with E-state index < -0.39 is 0 Å². The Morgan fingerprint density at radius 1 is 1.19 bits per heavy atom. The molecule has 0 amide bonds. The van der Waals surface area contributed by atoms with Crippen molar-refractivity contribution in [2.45, 2.75) is 47.0 Å². The zero-order valence-electron chi connectivity index (χ0n) is 11.3. The van der Waals surface area contributed by atoms with Gasteiger partial charge < -0.3 is 4.74 Å². The van der Waals surface area contributed by atoms with Crippen LogP contribution in [0.25, 0.3) is 0 Å². The van der Waals surface area contributed by atoms with E-state index in [9.17, 15) is 0 Å². The molecule has 1 radical (unpaired) electrons. The molecule has 0 aromatic heterocycles. The normalized spacial score (nSPS) is 11.9. The van der Waals surface area contributed by atoms with Crippen LogP contribution in [0, 0.1) is 5.92 Å². The van der Waals surface area contributed by atoms with Gasteiger partial charge in [0.1, 0.15) is 5.75 Å². The molecule has 0 saturated carbocycles. The van der Waals surface area contributed by atoms with Crippen molar-refractivity contribution in [3.8, 4) is 5.75 Å². The number of benzene rings is 1. The van der Waals surface area contributed by atoms with Crippen molar-refractivity contribution in [1.29, 1.82) is 0 Å². The van der Waals surface area contributed by atoms with Crippen LogP contribution in [0.4, 0.5) is 0 Å². The van der Waals surface area contributed by atoms with Crippen molar-refractivity contribution in [3.63, 3.8) is 0 Å². The molecule has 0 saturated heterocycles. The third-order valence-electron chi connectivity index (χ3n) is 2.67. The standard InChI is InChI=1S/C15H23O/c1-7-16-14-10-12(11(2)3)8-9-13(14)15(4,5)6/h8-10H,7H2,1-6H3. The minimum absolute atomic E-state index is 0.130. The van der Waals surface area contributed by atoms with Crippen LogP contribution in [-0.2, 0) is 5.41 Å². The fourth-order valence-electron chi connectivity index (χ4n) is 1.73. The maximum atomic E-state index is 5.74. The van der Waals surface area contributed by atoms with Crippen molar-refractivity contribution >= 4 is 0 Å². The molecule has 0 aliphatic heterocycles. The quantitative estimate of drug-likeness (QED) is 0.734. The van der Waals surface area contributed by atoms with Crippen LogP contribution in [0.15, 0.2) is 18.2 Å². The van der Waals surface area contributed by atoms with Crippen LogP contribution in [-0.4, -0.2) is 6.61 Å². The molecule has 1 aromatic carbocycles. The molecule has 0 aliphatic carbocycles. The maximum Gasteiger partial charge on any atom is 0.123 e. The van der Waals surface area contributed by atoms with Gasteiger partial charge in [-0.1, -0.05) is 46.8 Å². The average molecular weight is 219 g/mol. The van der Waals surface area contributed by atoms with Crippen LogP contribution in [0.5, 0.6) is 5.75 Å². The third kappa shape index (κ3) is 3.01. The average Bonchev–Trinajstić information content (AvgIpc) is 2.16. The number of hydrogen-bond acceptors (Lipinski definition) is 1. The van der Waals surface area contributed by atoms with Crippen LogP contribution in [0.1, 0.15) is 52.7 Å². The Morgan fingerprint density at radius 2 is 1.81 bits per heavy atom.